The fourth-order valence-corrected chi connectivity index (χ4v) is 5.88. The third-order valence-electron chi connectivity index (χ3n) is 6.54. The lowest BCUT2D eigenvalue weighted by molar-refractivity contribution is 0.0949. The van der Waals surface area contributed by atoms with Crippen molar-refractivity contribution in [3.8, 4) is 0 Å². The number of amides is 2. The highest BCUT2D eigenvalue weighted by Crippen LogP contribution is 2.20. The van der Waals surface area contributed by atoms with Crippen LogP contribution in [0.2, 0.25) is 0 Å². The van der Waals surface area contributed by atoms with Crippen LogP contribution in [0.5, 0.6) is 0 Å². The molecule has 10 heteroatoms. The number of hydrogen-bond donors (Lipinski definition) is 2. The molecule has 0 unspecified atom stereocenters. The van der Waals surface area contributed by atoms with Gasteiger partial charge in [-0.3, -0.25) is 14.5 Å². The number of sulfonamides is 1. The zero-order valence-electron chi connectivity index (χ0n) is 22.0. The quantitative estimate of drug-likeness (QED) is 0.355. The zero-order valence-corrected chi connectivity index (χ0v) is 22.8. The summed E-state index contributed by atoms with van der Waals surface area (Å²) in [7, 11) is -1.89. The molecule has 4 rings (SSSR count). The lowest BCUT2D eigenvalue weighted by Crippen LogP contribution is -2.48. The summed E-state index contributed by atoms with van der Waals surface area (Å²) in [5, 5.41) is 5.71. The molecule has 1 aliphatic rings. The molecule has 1 fully saturated rings. The van der Waals surface area contributed by atoms with E-state index in [1.807, 2.05) is 18.2 Å². The summed E-state index contributed by atoms with van der Waals surface area (Å²) in [6.45, 7) is 3.62. The second-order valence-electron chi connectivity index (χ2n) is 9.30. The first-order valence-electron chi connectivity index (χ1n) is 12.9. The summed E-state index contributed by atoms with van der Waals surface area (Å²) in [5.74, 6) is -0.570. The number of methoxy groups -OCH3 is 1. The summed E-state index contributed by atoms with van der Waals surface area (Å²) >= 11 is 0. The number of nitrogens with zero attached hydrogens (tertiary/aromatic N) is 2. The minimum Gasteiger partial charge on any atom is -0.385 e. The summed E-state index contributed by atoms with van der Waals surface area (Å²) in [4.78, 5) is 28.2. The summed E-state index contributed by atoms with van der Waals surface area (Å²) in [6.07, 6.45) is 0.696. The topological polar surface area (TPSA) is 108 Å². The van der Waals surface area contributed by atoms with Crippen LogP contribution in [0.4, 0.5) is 5.69 Å². The molecule has 1 heterocycles. The van der Waals surface area contributed by atoms with Crippen LogP contribution in [0.3, 0.4) is 0 Å². The van der Waals surface area contributed by atoms with Crippen molar-refractivity contribution in [3.63, 3.8) is 0 Å². The van der Waals surface area contributed by atoms with Crippen LogP contribution in [0.15, 0.2) is 83.8 Å². The van der Waals surface area contributed by atoms with E-state index in [1.165, 1.54) is 4.31 Å². The molecule has 0 radical (unpaired) electrons. The summed E-state index contributed by atoms with van der Waals surface area (Å²) < 4.78 is 32.3. The first kappa shape index (κ1) is 28.4. The van der Waals surface area contributed by atoms with E-state index in [0.29, 0.717) is 74.0 Å². The third-order valence-corrected chi connectivity index (χ3v) is 8.45. The summed E-state index contributed by atoms with van der Waals surface area (Å²) in [5.41, 5.74) is 2.26. The molecule has 0 atom stereocenters. The lowest BCUT2D eigenvalue weighted by atomic mass is 10.1. The van der Waals surface area contributed by atoms with Gasteiger partial charge in [0.25, 0.3) is 11.8 Å². The fourth-order valence-electron chi connectivity index (χ4n) is 4.44. The van der Waals surface area contributed by atoms with Gasteiger partial charge in [0.1, 0.15) is 0 Å². The highest BCUT2D eigenvalue weighted by Gasteiger charge is 2.28. The van der Waals surface area contributed by atoms with Crippen molar-refractivity contribution >= 4 is 27.5 Å². The van der Waals surface area contributed by atoms with Crippen molar-refractivity contribution < 1.29 is 22.7 Å². The molecule has 3 aromatic rings. The van der Waals surface area contributed by atoms with E-state index >= 15 is 0 Å². The lowest BCUT2D eigenvalue weighted by Gasteiger charge is -2.34. The van der Waals surface area contributed by atoms with Crippen molar-refractivity contribution in [3.05, 3.63) is 95.6 Å². The molecule has 206 valence electrons. The van der Waals surface area contributed by atoms with Gasteiger partial charge in [-0.1, -0.05) is 42.5 Å². The molecule has 0 bridgehead atoms. The maximum atomic E-state index is 13.1. The first-order valence-corrected chi connectivity index (χ1v) is 14.4. The number of carbonyl (C=O) groups excluding carboxylic acids is 2. The van der Waals surface area contributed by atoms with E-state index in [-0.39, 0.29) is 11.8 Å². The number of piperazine rings is 1. The Balaban J connectivity index is 1.35. The molecular weight excluding hydrogens is 516 g/mol. The molecule has 1 aliphatic heterocycles. The summed E-state index contributed by atoms with van der Waals surface area (Å²) in [6, 6.07) is 22.7. The van der Waals surface area contributed by atoms with E-state index < -0.39 is 10.0 Å². The van der Waals surface area contributed by atoms with Crippen LogP contribution < -0.4 is 10.6 Å². The highest BCUT2D eigenvalue weighted by atomic mass is 32.2. The average Bonchev–Trinajstić information content (AvgIpc) is 2.96. The Bertz CT molecular complexity index is 1370. The van der Waals surface area contributed by atoms with Gasteiger partial charge in [0.15, 0.2) is 0 Å². The number of hydrogen-bond acceptors (Lipinski definition) is 6. The Morgan fingerprint density at radius 1 is 0.872 bits per heavy atom. The van der Waals surface area contributed by atoms with Gasteiger partial charge in [-0.05, 0) is 48.4 Å². The van der Waals surface area contributed by atoms with Gasteiger partial charge in [-0.15, -0.1) is 0 Å². The maximum Gasteiger partial charge on any atom is 0.255 e. The highest BCUT2D eigenvalue weighted by molar-refractivity contribution is 7.89. The second-order valence-corrected chi connectivity index (χ2v) is 11.2. The molecule has 1 saturated heterocycles. The Morgan fingerprint density at radius 2 is 1.59 bits per heavy atom. The van der Waals surface area contributed by atoms with E-state index in [1.54, 1.807) is 67.8 Å². The van der Waals surface area contributed by atoms with Gasteiger partial charge >= 0.3 is 0 Å². The minimum absolute atomic E-state index is 0.260. The minimum atomic E-state index is -3.50. The molecule has 0 spiro atoms. The Morgan fingerprint density at radius 3 is 2.33 bits per heavy atom. The molecule has 9 nitrogen and oxygen atoms in total. The standard InChI is InChI=1S/C29H34N4O5S/c1-38-20-8-15-30-29(35)26-13-5-6-14-27(26)31-28(34)24-10-7-9-23(21-24)22-32-16-18-33(19-17-32)39(36,37)25-11-3-2-4-12-25/h2-7,9-14,21H,8,15-20,22H2,1H3,(H,30,35)(H,31,34). The number of carbonyl (C=O) groups is 2. The number of ether oxygens (including phenoxy) is 1. The molecular formula is C29H34N4O5S. The van der Waals surface area contributed by atoms with Crippen LogP contribution in [0.1, 0.15) is 32.7 Å². The number of rotatable bonds is 11. The SMILES string of the molecule is COCCCNC(=O)c1ccccc1NC(=O)c1cccc(CN2CCN(S(=O)(=O)c3ccccc3)CC2)c1. The van der Waals surface area contributed by atoms with Crippen molar-refractivity contribution in [2.45, 2.75) is 17.9 Å². The van der Waals surface area contributed by atoms with Gasteiger partial charge < -0.3 is 15.4 Å². The van der Waals surface area contributed by atoms with Crippen LogP contribution in [0.25, 0.3) is 0 Å². The maximum absolute atomic E-state index is 13.1. The average molecular weight is 551 g/mol. The predicted molar refractivity (Wildman–Crippen MR) is 150 cm³/mol. The van der Waals surface area contributed by atoms with Crippen molar-refractivity contribution in [1.82, 2.24) is 14.5 Å². The monoisotopic (exact) mass is 550 g/mol. The van der Waals surface area contributed by atoms with E-state index in [4.69, 9.17) is 4.74 Å². The number of anilines is 1. The molecule has 0 aliphatic carbocycles. The second kappa shape index (κ2) is 13.5. The molecule has 2 N–H and O–H groups in total. The van der Waals surface area contributed by atoms with Crippen LogP contribution in [-0.4, -0.2) is 75.9 Å². The Kier molecular flexibility index (Phi) is 9.83. The van der Waals surface area contributed by atoms with Gasteiger partial charge in [0, 0.05) is 58.5 Å². The number of benzene rings is 3. The van der Waals surface area contributed by atoms with E-state index in [9.17, 15) is 18.0 Å². The van der Waals surface area contributed by atoms with Crippen LogP contribution in [-0.2, 0) is 21.3 Å². The normalized spacial score (nSPS) is 14.6. The fraction of sp³-hybridized carbons (Fsp3) is 0.310. The number of nitrogens with one attached hydrogen (secondary N) is 2. The van der Waals surface area contributed by atoms with Crippen LogP contribution >= 0.6 is 0 Å². The molecule has 3 aromatic carbocycles. The molecule has 0 aromatic heterocycles. The van der Waals surface area contributed by atoms with E-state index in [2.05, 4.69) is 15.5 Å². The van der Waals surface area contributed by atoms with E-state index in [0.717, 1.165) is 5.56 Å². The Hall–Kier alpha value is -3.57. The van der Waals surface area contributed by atoms with Gasteiger partial charge in [-0.25, -0.2) is 8.42 Å². The van der Waals surface area contributed by atoms with Gasteiger partial charge in [0.2, 0.25) is 10.0 Å². The van der Waals surface area contributed by atoms with Crippen molar-refractivity contribution in [1.29, 1.82) is 0 Å². The van der Waals surface area contributed by atoms with Gasteiger partial charge in [0.05, 0.1) is 16.1 Å². The van der Waals surface area contributed by atoms with Crippen molar-refractivity contribution in [2.75, 3.05) is 51.8 Å². The van der Waals surface area contributed by atoms with Crippen molar-refractivity contribution in [2.24, 2.45) is 0 Å². The smallest absolute Gasteiger partial charge is 0.255 e. The molecule has 2 amide bonds. The third kappa shape index (κ3) is 7.51. The first-order chi connectivity index (χ1) is 18.9. The molecule has 39 heavy (non-hydrogen) atoms. The van der Waals surface area contributed by atoms with Crippen LogP contribution in [0, 0.1) is 0 Å². The largest absolute Gasteiger partial charge is 0.385 e. The zero-order chi connectivity index (χ0) is 27.7. The molecule has 0 saturated carbocycles. The predicted octanol–water partition coefficient (Wildman–Crippen LogP) is 3.21. The Labute approximate surface area is 229 Å². The van der Waals surface area contributed by atoms with Gasteiger partial charge in [-0.2, -0.15) is 4.31 Å². The number of para-hydroxylation sites is 1.